The average Bonchev–Trinajstić information content (AvgIpc) is 2.98. The van der Waals surface area contributed by atoms with Crippen molar-refractivity contribution in [2.45, 2.75) is 57.1 Å². The normalized spacial score (nSPS) is 12.3. The highest BCUT2D eigenvalue weighted by atomic mass is 35.5. The van der Waals surface area contributed by atoms with Crippen LogP contribution in [-0.2, 0) is 32.6 Å². The van der Waals surface area contributed by atoms with Crippen LogP contribution in [-0.4, -0.2) is 43.3 Å². The average molecular weight is 632 g/mol. The van der Waals surface area contributed by atoms with Gasteiger partial charge in [0.05, 0.1) is 10.6 Å². The second-order valence-electron chi connectivity index (χ2n) is 11.7. The Labute approximate surface area is 265 Å². The van der Waals surface area contributed by atoms with Crippen LogP contribution in [0.1, 0.15) is 37.5 Å². The molecule has 9 heteroatoms. The molecule has 2 amide bonds. The van der Waals surface area contributed by atoms with Crippen LogP contribution in [0.15, 0.2) is 114 Å². The Morgan fingerprint density at radius 1 is 0.818 bits per heavy atom. The molecule has 0 aromatic heterocycles. The predicted molar refractivity (Wildman–Crippen MR) is 176 cm³/mol. The maximum atomic E-state index is 14.5. The maximum Gasteiger partial charge on any atom is 0.264 e. The van der Waals surface area contributed by atoms with Crippen LogP contribution < -0.4 is 9.62 Å². The van der Waals surface area contributed by atoms with E-state index in [2.05, 4.69) is 5.32 Å². The number of carbonyl (C=O) groups is 2. The van der Waals surface area contributed by atoms with E-state index in [0.717, 1.165) is 15.4 Å². The lowest BCUT2D eigenvalue weighted by Gasteiger charge is -2.35. The molecule has 0 aliphatic carbocycles. The first kappa shape index (κ1) is 32.8. The number of benzene rings is 4. The molecule has 0 aliphatic heterocycles. The van der Waals surface area contributed by atoms with E-state index < -0.39 is 34.1 Å². The molecule has 4 aromatic carbocycles. The van der Waals surface area contributed by atoms with E-state index in [1.165, 1.54) is 17.0 Å². The Bertz CT molecular complexity index is 1680. The zero-order valence-electron chi connectivity index (χ0n) is 25.4. The highest BCUT2D eigenvalue weighted by molar-refractivity contribution is 7.92. The first-order chi connectivity index (χ1) is 20.8. The summed E-state index contributed by atoms with van der Waals surface area (Å²) in [6, 6.07) is 30.8. The Morgan fingerprint density at radius 2 is 1.36 bits per heavy atom. The molecular weight excluding hydrogens is 594 g/mol. The smallest absolute Gasteiger partial charge is 0.264 e. The van der Waals surface area contributed by atoms with E-state index in [9.17, 15) is 18.0 Å². The van der Waals surface area contributed by atoms with Gasteiger partial charge in [0.2, 0.25) is 11.8 Å². The van der Waals surface area contributed by atoms with E-state index in [4.69, 9.17) is 11.6 Å². The van der Waals surface area contributed by atoms with E-state index >= 15 is 0 Å². The number of hydrogen-bond donors (Lipinski definition) is 1. The number of aryl methyl sites for hydroxylation is 1. The molecule has 44 heavy (non-hydrogen) atoms. The third-order valence-corrected chi connectivity index (χ3v) is 9.01. The summed E-state index contributed by atoms with van der Waals surface area (Å²) in [5.74, 6) is -0.849. The summed E-state index contributed by atoms with van der Waals surface area (Å²) >= 11 is 6.22. The number of carbonyl (C=O) groups excluding carboxylic acids is 2. The number of nitrogens with zero attached hydrogens (tertiary/aromatic N) is 2. The summed E-state index contributed by atoms with van der Waals surface area (Å²) in [5, 5.41) is 3.48. The molecule has 0 bridgehead atoms. The van der Waals surface area contributed by atoms with Gasteiger partial charge in [0.15, 0.2) is 0 Å². The van der Waals surface area contributed by atoms with Crippen molar-refractivity contribution < 1.29 is 18.0 Å². The van der Waals surface area contributed by atoms with Gasteiger partial charge in [0.25, 0.3) is 10.0 Å². The largest absolute Gasteiger partial charge is 0.350 e. The van der Waals surface area contributed by atoms with Gasteiger partial charge in [-0.1, -0.05) is 90.5 Å². The van der Waals surface area contributed by atoms with Crippen LogP contribution in [0.5, 0.6) is 0 Å². The number of anilines is 1. The molecule has 1 atom stereocenters. The minimum atomic E-state index is -4.18. The van der Waals surface area contributed by atoms with Crippen molar-refractivity contribution in [2.24, 2.45) is 0 Å². The first-order valence-electron chi connectivity index (χ1n) is 14.4. The van der Waals surface area contributed by atoms with Gasteiger partial charge in [0, 0.05) is 23.5 Å². The molecule has 0 spiro atoms. The zero-order chi connectivity index (χ0) is 31.9. The number of nitrogens with one attached hydrogen (secondary N) is 1. The van der Waals surface area contributed by atoms with Crippen LogP contribution in [0, 0.1) is 6.92 Å². The number of rotatable bonds is 11. The van der Waals surface area contributed by atoms with E-state index in [1.807, 2.05) is 81.4 Å². The maximum absolute atomic E-state index is 14.5. The number of amides is 2. The molecule has 0 saturated carbocycles. The fourth-order valence-electron chi connectivity index (χ4n) is 4.92. The molecule has 4 rings (SSSR count). The molecule has 7 nitrogen and oxygen atoms in total. The van der Waals surface area contributed by atoms with Crippen LogP contribution in [0.2, 0.25) is 5.02 Å². The third-order valence-electron chi connectivity index (χ3n) is 7.00. The van der Waals surface area contributed by atoms with E-state index in [0.29, 0.717) is 16.3 Å². The predicted octanol–water partition coefficient (Wildman–Crippen LogP) is 6.40. The molecule has 1 unspecified atom stereocenters. The molecule has 1 N–H and O–H groups in total. The van der Waals surface area contributed by atoms with Crippen LogP contribution in [0.3, 0.4) is 0 Å². The fourth-order valence-corrected chi connectivity index (χ4v) is 6.65. The van der Waals surface area contributed by atoms with Crippen molar-refractivity contribution in [1.82, 2.24) is 10.2 Å². The van der Waals surface area contributed by atoms with Gasteiger partial charge in [-0.3, -0.25) is 13.9 Å². The van der Waals surface area contributed by atoms with Gasteiger partial charge in [-0.2, -0.15) is 0 Å². The van der Waals surface area contributed by atoms with Crippen molar-refractivity contribution in [1.29, 1.82) is 0 Å². The number of hydrogen-bond acceptors (Lipinski definition) is 4. The van der Waals surface area contributed by atoms with E-state index in [1.54, 1.807) is 43.3 Å². The zero-order valence-corrected chi connectivity index (χ0v) is 27.0. The molecular formula is C35H38ClN3O4S. The van der Waals surface area contributed by atoms with Crippen molar-refractivity contribution in [2.75, 3.05) is 10.8 Å². The summed E-state index contributed by atoms with van der Waals surface area (Å²) in [6.07, 6.45) is 0.243. The Morgan fingerprint density at radius 3 is 1.91 bits per heavy atom. The minimum absolute atomic E-state index is 0.0445. The van der Waals surface area contributed by atoms with Gasteiger partial charge >= 0.3 is 0 Å². The minimum Gasteiger partial charge on any atom is -0.350 e. The molecule has 0 heterocycles. The highest BCUT2D eigenvalue weighted by Crippen LogP contribution is 2.29. The van der Waals surface area contributed by atoms with Crippen molar-refractivity contribution >= 4 is 39.1 Å². The summed E-state index contributed by atoms with van der Waals surface area (Å²) in [4.78, 5) is 29.9. The van der Waals surface area contributed by atoms with Crippen molar-refractivity contribution in [3.05, 3.63) is 131 Å². The first-order valence-corrected chi connectivity index (χ1v) is 16.2. The molecule has 0 radical (unpaired) electrons. The summed E-state index contributed by atoms with van der Waals surface area (Å²) in [6.45, 7) is 6.96. The molecule has 230 valence electrons. The number of sulfonamides is 1. The van der Waals surface area contributed by atoms with Gasteiger partial charge < -0.3 is 10.2 Å². The molecule has 0 saturated heterocycles. The van der Waals surface area contributed by atoms with Crippen molar-refractivity contribution in [3.63, 3.8) is 0 Å². The van der Waals surface area contributed by atoms with Crippen LogP contribution >= 0.6 is 11.6 Å². The Hall–Kier alpha value is -4.14. The Kier molecular flexibility index (Phi) is 10.5. The SMILES string of the molecule is Cc1cc(Cl)ccc1N(CC(=O)N(Cc1ccccc1)C(Cc1ccccc1)C(=O)NC(C)(C)C)S(=O)(=O)c1ccccc1. The topological polar surface area (TPSA) is 86.8 Å². The van der Waals surface area contributed by atoms with Gasteiger partial charge in [0.1, 0.15) is 12.6 Å². The lowest BCUT2D eigenvalue weighted by Crippen LogP contribution is -2.56. The lowest BCUT2D eigenvalue weighted by atomic mass is 10.0. The fraction of sp³-hybridized carbons (Fsp3) is 0.257. The second-order valence-corrected chi connectivity index (χ2v) is 14.0. The van der Waals surface area contributed by atoms with Crippen LogP contribution in [0.4, 0.5) is 5.69 Å². The van der Waals surface area contributed by atoms with Crippen LogP contribution in [0.25, 0.3) is 0 Å². The second kappa shape index (κ2) is 14.1. The quantitative estimate of drug-likeness (QED) is 0.208. The highest BCUT2D eigenvalue weighted by Gasteiger charge is 2.36. The summed E-state index contributed by atoms with van der Waals surface area (Å²) in [7, 11) is -4.18. The lowest BCUT2D eigenvalue weighted by molar-refractivity contribution is -0.140. The number of halogens is 1. The summed E-state index contributed by atoms with van der Waals surface area (Å²) < 4.78 is 29.3. The van der Waals surface area contributed by atoms with Gasteiger partial charge in [-0.05, 0) is 74.7 Å². The molecule has 0 fully saturated rings. The third kappa shape index (κ3) is 8.49. The molecule has 4 aromatic rings. The monoisotopic (exact) mass is 631 g/mol. The van der Waals surface area contributed by atoms with Crippen molar-refractivity contribution in [3.8, 4) is 0 Å². The van der Waals surface area contributed by atoms with Gasteiger partial charge in [-0.25, -0.2) is 8.42 Å². The molecule has 0 aliphatic rings. The summed E-state index contributed by atoms with van der Waals surface area (Å²) in [5.41, 5.74) is 2.03. The van der Waals surface area contributed by atoms with Gasteiger partial charge in [-0.15, -0.1) is 0 Å². The van der Waals surface area contributed by atoms with E-state index in [-0.39, 0.29) is 23.8 Å². The Balaban J connectivity index is 1.82. The standard InChI is InChI=1S/C35H38ClN3O4S/c1-26-22-29(36)20-21-31(26)39(44(42,43)30-18-12-7-13-19-30)25-33(40)38(24-28-16-10-6-11-17-28)32(34(41)37-35(2,3)4)23-27-14-8-5-9-15-27/h5-22,32H,23-25H2,1-4H3,(H,37,41).